The molecule has 2 unspecified atom stereocenters. The first-order valence-electron chi connectivity index (χ1n) is 2.54. The topological polar surface area (TPSA) is 53.2 Å². The minimum absolute atomic E-state index is 0.513. The fourth-order valence-electron chi connectivity index (χ4n) is 0.702. The number of ether oxygens (including phenoxy) is 1. The molecule has 1 fully saturated rings. The third-order valence-electron chi connectivity index (χ3n) is 1.19. The molecule has 1 saturated heterocycles. The van der Waals surface area contributed by atoms with E-state index in [1.54, 1.807) is 0 Å². The van der Waals surface area contributed by atoms with Crippen LogP contribution in [0.15, 0.2) is 0 Å². The van der Waals surface area contributed by atoms with Gasteiger partial charge in [0.25, 0.3) is 0 Å². The van der Waals surface area contributed by atoms with Gasteiger partial charge in [-0.15, -0.1) is 0 Å². The zero-order valence-corrected chi connectivity index (χ0v) is 4.37. The van der Waals surface area contributed by atoms with Crippen LogP contribution in [-0.4, -0.2) is 23.9 Å². The quantitative estimate of drug-likeness (QED) is 0.467. The highest BCUT2D eigenvalue weighted by Crippen LogP contribution is 2.11. The molecule has 0 aromatic carbocycles. The summed E-state index contributed by atoms with van der Waals surface area (Å²) in [4.78, 5) is 0. The maximum atomic E-state index is 8.84. The predicted octanol–water partition coefficient (Wildman–Crippen LogP) is -0.340. The minimum atomic E-state index is -0.574. The second kappa shape index (κ2) is 2.12. The number of nitrogens with zero attached hydrogens (tertiary/aromatic N) is 1. The summed E-state index contributed by atoms with van der Waals surface area (Å²) >= 11 is 0. The standard InChI is InChI=1S/C5H7NO2/c6-3-5-4(7)1-2-8-5/h4-5,7H,1-2H2. The Hall–Kier alpha value is -0.590. The van der Waals surface area contributed by atoms with Crippen molar-refractivity contribution >= 4 is 0 Å². The molecule has 3 heteroatoms. The lowest BCUT2D eigenvalue weighted by molar-refractivity contribution is 0.0798. The van der Waals surface area contributed by atoms with E-state index in [0.29, 0.717) is 13.0 Å². The number of rotatable bonds is 0. The number of nitriles is 1. The van der Waals surface area contributed by atoms with Gasteiger partial charge in [0.15, 0.2) is 6.10 Å². The van der Waals surface area contributed by atoms with Gasteiger partial charge in [0.05, 0.1) is 18.8 Å². The van der Waals surface area contributed by atoms with Crippen LogP contribution in [0.4, 0.5) is 0 Å². The monoisotopic (exact) mass is 113 g/mol. The molecular formula is C5H7NO2. The van der Waals surface area contributed by atoms with Gasteiger partial charge in [-0.2, -0.15) is 5.26 Å². The number of aliphatic hydroxyl groups excluding tert-OH is 1. The molecule has 1 N–H and O–H groups in total. The highest BCUT2D eigenvalue weighted by atomic mass is 16.5. The Balaban J connectivity index is 2.45. The third kappa shape index (κ3) is 0.808. The molecule has 0 amide bonds. The predicted molar refractivity (Wildman–Crippen MR) is 26.0 cm³/mol. The van der Waals surface area contributed by atoms with Crippen molar-refractivity contribution in [3.63, 3.8) is 0 Å². The summed E-state index contributed by atoms with van der Waals surface area (Å²) in [5.41, 5.74) is 0. The van der Waals surface area contributed by atoms with Crippen molar-refractivity contribution in [3.05, 3.63) is 0 Å². The van der Waals surface area contributed by atoms with E-state index in [-0.39, 0.29) is 0 Å². The Morgan fingerprint density at radius 1 is 1.75 bits per heavy atom. The van der Waals surface area contributed by atoms with Crippen LogP contribution >= 0.6 is 0 Å². The van der Waals surface area contributed by atoms with Crippen LogP contribution in [0, 0.1) is 11.3 Å². The number of hydrogen-bond donors (Lipinski definition) is 1. The molecule has 0 saturated carbocycles. The summed E-state index contributed by atoms with van der Waals surface area (Å²) < 4.78 is 4.80. The van der Waals surface area contributed by atoms with E-state index in [4.69, 9.17) is 15.1 Å². The first-order valence-corrected chi connectivity index (χ1v) is 2.54. The lowest BCUT2D eigenvalue weighted by atomic mass is 10.2. The van der Waals surface area contributed by atoms with Crippen molar-refractivity contribution in [1.29, 1.82) is 5.26 Å². The van der Waals surface area contributed by atoms with Gasteiger partial charge in [0, 0.05) is 6.42 Å². The Bertz CT molecular complexity index is 118. The molecule has 1 heterocycles. The maximum Gasteiger partial charge on any atom is 0.169 e. The summed E-state index contributed by atoms with van der Waals surface area (Å²) in [5.74, 6) is 0. The minimum Gasteiger partial charge on any atom is -0.389 e. The summed E-state index contributed by atoms with van der Waals surface area (Å²) in [6.45, 7) is 0.513. The highest BCUT2D eigenvalue weighted by Gasteiger charge is 2.24. The van der Waals surface area contributed by atoms with E-state index in [2.05, 4.69) is 0 Å². The SMILES string of the molecule is N#CC1OCCC1O. The summed E-state index contributed by atoms with van der Waals surface area (Å²) in [7, 11) is 0. The van der Waals surface area contributed by atoms with Gasteiger partial charge in [-0.3, -0.25) is 0 Å². The van der Waals surface area contributed by atoms with E-state index in [9.17, 15) is 0 Å². The fraction of sp³-hybridized carbons (Fsp3) is 0.800. The highest BCUT2D eigenvalue weighted by molar-refractivity contribution is 4.93. The summed E-state index contributed by atoms with van der Waals surface area (Å²) in [5, 5.41) is 17.0. The van der Waals surface area contributed by atoms with Gasteiger partial charge in [0.1, 0.15) is 0 Å². The molecular weight excluding hydrogens is 106 g/mol. The normalized spacial score (nSPS) is 37.0. The fourth-order valence-corrected chi connectivity index (χ4v) is 0.702. The molecule has 1 aliphatic heterocycles. The van der Waals surface area contributed by atoms with Crippen molar-refractivity contribution < 1.29 is 9.84 Å². The van der Waals surface area contributed by atoms with Crippen LogP contribution in [0.25, 0.3) is 0 Å². The largest absolute Gasteiger partial charge is 0.389 e. The van der Waals surface area contributed by atoms with E-state index in [0.717, 1.165) is 0 Å². The zero-order valence-electron chi connectivity index (χ0n) is 4.37. The maximum absolute atomic E-state index is 8.84. The van der Waals surface area contributed by atoms with E-state index in [1.807, 2.05) is 6.07 Å². The molecule has 0 radical (unpaired) electrons. The van der Waals surface area contributed by atoms with E-state index in [1.165, 1.54) is 0 Å². The van der Waals surface area contributed by atoms with Gasteiger partial charge in [-0.1, -0.05) is 0 Å². The van der Waals surface area contributed by atoms with Crippen molar-refractivity contribution in [1.82, 2.24) is 0 Å². The Labute approximate surface area is 47.5 Å². The lowest BCUT2D eigenvalue weighted by Crippen LogP contribution is -2.17. The van der Waals surface area contributed by atoms with Crippen LogP contribution in [0.5, 0.6) is 0 Å². The van der Waals surface area contributed by atoms with E-state index < -0.39 is 12.2 Å². The first-order chi connectivity index (χ1) is 3.84. The Kier molecular flexibility index (Phi) is 1.47. The van der Waals surface area contributed by atoms with Crippen LogP contribution in [0.2, 0.25) is 0 Å². The molecule has 2 atom stereocenters. The van der Waals surface area contributed by atoms with Crippen LogP contribution < -0.4 is 0 Å². The van der Waals surface area contributed by atoms with Crippen molar-refractivity contribution in [3.8, 4) is 6.07 Å². The number of aliphatic hydroxyl groups is 1. The van der Waals surface area contributed by atoms with Gasteiger partial charge in [-0.05, 0) is 0 Å². The number of hydrogen-bond acceptors (Lipinski definition) is 3. The van der Waals surface area contributed by atoms with Crippen molar-refractivity contribution in [2.24, 2.45) is 0 Å². The molecule has 0 bridgehead atoms. The zero-order chi connectivity index (χ0) is 5.98. The molecule has 0 spiro atoms. The second-order valence-corrected chi connectivity index (χ2v) is 1.78. The molecule has 0 aromatic rings. The van der Waals surface area contributed by atoms with Gasteiger partial charge >= 0.3 is 0 Å². The average molecular weight is 113 g/mol. The van der Waals surface area contributed by atoms with E-state index >= 15 is 0 Å². The third-order valence-corrected chi connectivity index (χ3v) is 1.19. The molecule has 44 valence electrons. The van der Waals surface area contributed by atoms with Crippen LogP contribution in [-0.2, 0) is 4.74 Å². The molecule has 3 nitrogen and oxygen atoms in total. The Morgan fingerprint density at radius 3 is 2.75 bits per heavy atom. The molecule has 0 aromatic heterocycles. The Morgan fingerprint density at radius 2 is 2.50 bits per heavy atom. The average Bonchev–Trinajstić information content (AvgIpc) is 2.14. The van der Waals surface area contributed by atoms with Crippen molar-refractivity contribution in [2.75, 3.05) is 6.61 Å². The van der Waals surface area contributed by atoms with Crippen LogP contribution in [0.1, 0.15) is 6.42 Å². The first kappa shape index (κ1) is 5.54. The molecule has 1 aliphatic rings. The second-order valence-electron chi connectivity index (χ2n) is 1.78. The van der Waals surface area contributed by atoms with Crippen LogP contribution in [0.3, 0.4) is 0 Å². The van der Waals surface area contributed by atoms with Gasteiger partial charge in [-0.25, -0.2) is 0 Å². The van der Waals surface area contributed by atoms with Gasteiger partial charge in [0.2, 0.25) is 0 Å². The molecule has 8 heavy (non-hydrogen) atoms. The van der Waals surface area contributed by atoms with Crippen molar-refractivity contribution in [2.45, 2.75) is 18.6 Å². The molecule has 0 aliphatic carbocycles. The van der Waals surface area contributed by atoms with Gasteiger partial charge < -0.3 is 9.84 Å². The molecule has 1 rings (SSSR count). The summed E-state index contributed by atoms with van der Waals surface area (Å²) in [6.07, 6.45) is -0.534. The lowest BCUT2D eigenvalue weighted by Gasteiger charge is -2.00. The smallest absolute Gasteiger partial charge is 0.169 e. The summed E-state index contributed by atoms with van der Waals surface area (Å²) in [6, 6.07) is 1.84.